The third-order valence-electron chi connectivity index (χ3n) is 4.33. The summed E-state index contributed by atoms with van der Waals surface area (Å²) in [7, 11) is -8.49. The average molecular weight is 492 g/mol. The summed E-state index contributed by atoms with van der Waals surface area (Å²) >= 11 is 5.94. The number of sulfone groups is 1. The van der Waals surface area contributed by atoms with Gasteiger partial charge < -0.3 is 4.74 Å². The fraction of sp³-hybridized carbons (Fsp3) is 0.350. The molecule has 0 amide bonds. The molecule has 0 heterocycles. The van der Waals surface area contributed by atoms with Crippen molar-refractivity contribution < 1.29 is 30.8 Å². The summed E-state index contributed by atoms with van der Waals surface area (Å²) < 4.78 is 70.3. The molecule has 0 radical (unpaired) electrons. The van der Waals surface area contributed by atoms with E-state index in [0.29, 0.717) is 5.56 Å². The van der Waals surface area contributed by atoms with Crippen molar-refractivity contribution in [3.63, 3.8) is 0 Å². The molecule has 7 nitrogen and oxygen atoms in total. The number of ether oxygens (including phenoxy) is 1. The van der Waals surface area contributed by atoms with Crippen molar-refractivity contribution >= 4 is 43.1 Å². The average Bonchev–Trinajstić information content (AvgIpc) is 2.69. The van der Waals surface area contributed by atoms with E-state index in [2.05, 4.69) is 0 Å². The van der Waals surface area contributed by atoms with Gasteiger partial charge in [0.25, 0.3) is 0 Å². The second-order valence-corrected chi connectivity index (χ2v) is 11.6. The smallest absolute Gasteiger partial charge is 0.343 e. The molecule has 2 rings (SSSR count). The standard InChI is InChI=1S/C20H23ClFNO6S2/c1-3-12-30(25,26)17(4-2)31(27,28)23-16-11-10-15(21)18(19(16)22)20(24)29-13-14-8-6-5-7-9-14/h5-11,17,23H,3-4,12-13H2,1-2H3. The van der Waals surface area contributed by atoms with Gasteiger partial charge in [-0.15, -0.1) is 0 Å². The Labute approximate surface area is 186 Å². The van der Waals surface area contributed by atoms with Gasteiger partial charge in [0.2, 0.25) is 10.0 Å². The molecule has 1 atom stereocenters. The lowest BCUT2D eigenvalue weighted by Crippen LogP contribution is -2.36. The number of hydrogen-bond acceptors (Lipinski definition) is 6. The lowest BCUT2D eigenvalue weighted by molar-refractivity contribution is 0.0467. The fourth-order valence-electron chi connectivity index (χ4n) is 2.92. The number of benzene rings is 2. The normalized spacial score (nSPS) is 12.9. The van der Waals surface area contributed by atoms with Crippen LogP contribution >= 0.6 is 11.6 Å². The van der Waals surface area contributed by atoms with E-state index >= 15 is 0 Å². The first-order chi connectivity index (χ1) is 14.5. The number of carbonyl (C=O) groups excluding carboxylic acids is 1. The summed E-state index contributed by atoms with van der Waals surface area (Å²) in [6, 6.07) is 10.8. The maximum Gasteiger partial charge on any atom is 0.343 e. The van der Waals surface area contributed by atoms with Crippen molar-refractivity contribution in [3.05, 3.63) is 64.4 Å². The summed E-state index contributed by atoms with van der Waals surface area (Å²) in [5, 5.41) is -0.274. The highest BCUT2D eigenvalue weighted by atomic mass is 35.5. The molecular weight excluding hydrogens is 469 g/mol. The van der Waals surface area contributed by atoms with Gasteiger partial charge in [-0.05, 0) is 30.5 Å². The van der Waals surface area contributed by atoms with Gasteiger partial charge in [-0.3, -0.25) is 4.72 Å². The third-order valence-corrected chi connectivity index (χ3v) is 9.93. The van der Waals surface area contributed by atoms with Crippen LogP contribution in [0.1, 0.15) is 42.6 Å². The SMILES string of the molecule is CCCS(=O)(=O)C(CC)S(=O)(=O)Nc1ccc(Cl)c(C(=O)OCc2ccccc2)c1F. The number of sulfonamides is 1. The van der Waals surface area contributed by atoms with E-state index in [1.165, 1.54) is 6.92 Å². The molecule has 0 aliphatic carbocycles. The van der Waals surface area contributed by atoms with Crippen molar-refractivity contribution in [3.8, 4) is 0 Å². The third kappa shape index (κ3) is 6.18. The molecule has 11 heteroatoms. The molecular formula is C20H23ClFNO6S2. The van der Waals surface area contributed by atoms with E-state index in [4.69, 9.17) is 16.3 Å². The van der Waals surface area contributed by atoms with E-state index in [-0.39, 0.29) is 30.2 Å². The molecule has 0 aliphatic heterocycles. The summed E-state index contributed by atoms with van der Waals surface area (Å²) in [4.78, 5) is 12.4. The van der Waals surface area contributed by atoms with Crippen LogP contribution in [-0.2, 0) is 31.2 Å². The monoisotopic (exact) mass is 491 g/mol. The molecule has 2 aromatic rings. The molecule has 1 N–H and O–H groups in total. The first-order valence-electron chi connectivity index (χ1n) is 9.45. The van der Waals surface area contributed by atoms with Crippen LogP contribution in [-0.4, -0.2) is 33.1 Å². The van der Waals surface area contributed by atoms with Crippen LogP contribution in [0.5, 0.6) is 0 Å². The largest absolute Gasteiger partial charge is 0.457 e. The zero-order valence-corrected chi connectivity index (χ0v) is 19.4. The second-order valence-electron chi connectivity index (χ2n) is 6.70. The number of carbonyl (C=O) groups is 1. The predicted octanol–water partition coefficient (Wildman–Crippen LogP) is 4.14. The van der Waals surface area contributed by atoms with Crippen LogP contribution in [0.25, 0.3) is 0 Å². The Kier molecular flexibility index (Phi) is 8.44. The lowest BCUT2D eigenvalue weighted by Gasteiger charge is -2.18. The molecule has 0 fully saturated rings. The van der Waals surface area contributed by atoms with Crippen molar-refractivity contribution in [1.29, 1.82) is 0 Å². The number of rotatable bonds is 10. The van der Waals surface area contributed by atoms with Gasteiger partial charge >= 0.3 is 5.97 Å². The van der Waals surface area contributed by atoms with Crippen molar-refractivity contribution in [1.82, 2.24) is 0 Å². The zero-order valence-electron chi connectivity index (χ0n) is 17.0. The van der Waals surface area contributed by atoms with E-state index in [1.54, 1.807) is 37.3 Å². The number of anilines is 1. The molecule has 0 aliphatic rings. The lowest BCUT2D eigenvalue weighted by atomic mass is 10.2. The first-order valence-corrected chi connectivity index (χ1v) is 13.1. The molecule has 31 heavy (non-hydrogen) atoms. The highest BCUT2D eigenvalue weighted by molar-refractivity contribution is 8.09. The molecule has 0 saturated heterocycles. The fourth-order valence-corrected chi connectivity index (χ4v) is 7.49. The second kappa shape index (κ2) is 10.4. The molecule has 0 spiro atoms. The van der Waals surface area contributed by atoms with Crippen LogP contribution in [0.2, 0.25) is 5.02 Å². The summed E-state index contributed by atoms with van der Waals surface area (Å²) in [6.07, 6.45) is 0.0138. The zero-order chi connectivity index (χ0) is 23.2. The van der Waals surface area contributed by atoms with E-state index in [1.807, 2.05) is 4.72 Å². The van der Waals surface area contributed by atoms with Gasteiger partial charge in [0.15, 0.2) is 20.2 Å². The molecule has 0 saturated carbocycles. The van der Waals surface area contributed by atoms with Crippen LogP contribution in [0, 0.1) is 5.82 Å². The number of nitrogens with one attached hydrogen (secondary N) is 1. The molecule has 0 bridgehead atoms. The van der Waals surface area contributed by atoms with Crippen LogP contribution in [0.3, 0.4) is 0 Å². The number of halogens is 2. The number of esters is 1. The molecule has 170 valence electrons. The highest BCUT2D eigenvalue weighted by Crippen LogP contribution is 2.29. The Morgan fingerprint density at radius 3 is 2.32 bits per heavy atom. The molecule has 0 aromatic heterocycles. The van der Waals surface area contributed by atoms with Crippen LogP contribution < -0.4 is 4.72 Å². The van der Waals surface area contributed by atoms with Gasteiger partial charge in [-0.1, -0.05) is 55.8 Å². The minimum absolute atomic E-state index is 0.140. The van der Waals surface area contributed by atoms with E-state index in [9.17, 15) is 26.0 Å². The summed E-state index contributed by atoms with van der Waals surface area (Å²) in [6.45, 7) is 2.87. The van der Waals surface area contributed by atoms with Gasteiger partial charge in [0, 0.05) is 0 Å². The van der Waals surface area contributed by atoms with Crippen molar-refractivity contribution in [2.24, 2.45) is 0 Å². The van der Waals surface area contributed by atoms with Gasteiger partial charge in [-0.25, -0.2) is 26.0 Å². The topological polar surface area (TPSA) is 107 Å². The Balaban J connectivity index is 2.31. The van der Waals surface area contributed by atoms with Crippen molar-refractivity contribution in [2.45, 2.75) is 37.9 Å². The Morgan fingerprint density at radius 2 is 1.74 bits per heavy atom. The van der Waals surface area contributed by atoms with Gasteiger partial charge in [0.1, 0.15) is 12.2 Å². The van der Waals surface area contributed by atoms with E-state index in [0.717, 1.165) is 12.1 Å². The minimum Gasteiger partial charge on any atom is -0.457 e. The molecule has 2 aromatic carbocycles. The molecule has 1 unspecified atom stereocenters. The minimum atomic E-state index is -4.51. The van der Waals surface area contributed by atoms with Gasteiger partial charge in [-0.2, -0.15) is 0 Å². The Hall–Kier alpha value is -2.17. The Morgan fingerprint density at radius 1 is 1.10 bits per heavy atom. The quantitative estimate of drug-likeness (QED) is 0.500. The summed E-state index contributed by atoms with van der Waals surface area (Å²) in [5.74, 6) is -2.66. The maximum absolute atomic E-state index is 15.0. The maximum atomic E-state index is 15.0. The Bertz CT molecular complexity index is 1140. The summed E-state index contributed by atoms with van der Waals surface area (Å²) in [5.41, 5.74) is -0.584. The van der Waals surface area contributed by atoms with Crippen LogP contribution in [0.15, 0.2) is 42.5 Å². The predicted molar refractivity (Wildman–Crippen MR) is 118 cm³/mol. The first kappa shape index (κ1) is 25.1. The van der Waals surface area contributed by atoms with Crippen molar-refractivity contribution in [2.75, 3.05) is 10.5 Å². The number of hydrogen-bond donors (Lipinski definition) is 1. The highest BCUT2D eigenvalue weighted by Gasteiger charge is 2.36. The van der Waals surface area contributed by atoms with Gasteiger partial charge in [0.05, 0.1) is 16.5 Å². The van der Waals surface area contributed by atoms with E-state index < -0.39 is 47.5 Å². The van der Waals surface area contributed by atoms with Crippen LogP contribution in [0.4, 0.5) is 10.1 Å².